The molecule has 1 heterocycles. The van der Waals surface area contributed by atoms with Crippen LogP contribution in [-0.4, -0.2) is 11.5 Å². The van der Waals surface area contributed by atoms with Crippen molar-refractivity contribution in [3.05, 3.63) is 52.4 Å². The molecule has 2 rings (SSSR count). The van der Waals surface area contributed by atoms with Gasteiger partial charge in [0.2, 0.25) is 0 Å². The van der Waals surface area contributed by atoms with Gasteiger partial charge in [0.25, 0.3) is 0 Å². The zero-order valence-corrected chi connectivity index (χ0v) is 13.8. The zero-order valence-electron chi connectivity index (χ0n) is 11.4. The minimum absolute atomic E-state index is 0.152. The number of benzene rings is 1. The highest BCUT2D eigenvalue weighted by molar-refractivity contribution is 9.10. The van der Waals surface area contributed by atoms with Crippen molar-refractivity contribution in [3.8, 4) is 0 Å². The van der Waals surface area contributed by atoms with E-state index in [1.165, 1.54) is 11.8 Å². The molecular formula is C15H16BrFN2S. The molecule has 0 aliphatic heterocycles. The molecule has 0 saturated heterocycles. The van der Waals surface area contributed by atoms with Crippen molar-refractivity contribution < 1.29 is 4.39 Å². The Morgan fingerprint density at radius 2 is 2.15 bits per heavy atom. The topological polar surface area (TPSA) is 24.9 Å². The summed E-state index contributed by atoms with van der Waals surface area (Å²) in [6.07, 6.45) is 1.71. The van der Waals surface area contributed by atoms with Crippen LogP contribution in [0.5, 0.6) is 0 Å². The van der Waals surface area contributed by atoms with Crippen molar-refractivity contribution in [2.24, 2.45) is 0 Å². The second-order valence-corrected chi connectivity index (χ2v) is 6.36. The zero-order chi connectivity index (χ0) is 14.5. The van der Waals surface area contributed by atoms with Crippen LogP contribution in [0, 0.1) is 5.82 Å². The van der Waals surface area contributed by atoms with Gasteiger partial charge in [-0.3, -0.25) is 0 Å². The number of halogens is 2. The lowest BCUT2D eigenvalue weighted by molar-refractivity contribution is 0.572. The van der Waals surface area contributed by atoms with E-state index in [0.717, 1.165) is 21.6 Å². The van der Waals surface area contributed by atoms with E-state index < -0.39 is 0 Å². The van der Waals surface area contributed by atoms with Gasteiger partial charge in [-0.05, 0) is 59.2 Å². The fourth-order valence-electron chi connectivity index (χ4n) is 1.83. The van der Waals surface area contributed by atoms with Gasteiger partial charge in [0, 0.05) is 21.6 Å². The average Bonchev–Trinajstić information content (AvgIpc) is 2.43. The van der Waals surface area contributed by atoms with Crippen LogP contribution in [0.3, 0.4) is 0 Å². The molecule has 1 atom stereocenters. The molecular weight excluding hydrogens is 339 g/mol. The molecule has 0 aliphatic carbocycles. The highest BCUT2D eigenvalue weighted by Crippen LogP contribution is 2.30. The molecule has 0 saturated carbocycles. The van der Waals surface area contributed by atoms with Gasteiger partial charge < -0.3 is 5.32 Å². The van der Waals surface area contributed by atoms with Crippen molar-refractivity contribution >= 4 is 27.7 Å². The summed E-state index contributed by atoms with van der Waals surface area (Å²) in [6.45, 7) is 4.93. The third-order valence-corrected chi connectivity index (χ3v) is 4.35. The van der Waals surface area contributed by atoms with Crippen LogP contribution in [0.4, 0.5) is 4.39 Å². The Hall–Kier alpha value is -0.910. The molecule has 2 aromatic rings. The summed E-state index contributed by atoms with van der Waals surface area (Å²) in [6, 6.07) is 9.27. The van der Waals surface area contributed by atoms with Crippen molar-refractivity contribution in [2.75, 3.05) is 6.54 Å². The lowest BCUT2D eigenvalue weighted by Gasteiger charge is -2.13. The fraction of sp³-hybridized carbons (Fsp3) is 0.267. The predicted octanol–water partition coefficient (Wildman–Crippen LogP) is 4.80. The van der Waals surface area contributed by atoms with Crippen LogP contribution in [0.15, 0.2) is 50.9 Å². The summed E-state index contributed by atoms with van der Waals surface area (Å²) in [4.78, 5) is 4.83. The first-order valence-electron chi connectivity index (χ1n) is 6.42. The minimum Gasteiger partial charge on any atom is -0.310 e. The molecule has 1 unspecified atom stereocenters. The van der Waals surface area contributed by atoms with Gasteiger partial charge in [-0.25, -0.2) is 9.37 Å². The van der Waals surface area contributed by atoms with Gasteiger partial charge in [0.1, 0.15) is 10.8 Å². The summed E-state index contributed by atoms with van der Waals surface area (Å²) in [7, 11) is 0. The van der Waals surface area contributed by atoms with Gasteiger partial charge >= 0.3 is 0 Å². The predicted molar refractivity (Wildman–Crippen MR) is 84.6 cm³/mol. The summed E-state index contributed by atoms with van der Waals surface area (Å²) in [5.41, 5.74) is 0.956. The maximum atomic E-state index is 14.1. The molecule has 0 aliphatic rings. The minimum atomic E-state index is -0.207. The average molecular weight is 355 g/mol. The summed E-state index contributed by atoms with van der Waals surface area (Å²) >= 11 is 4.66. The lowest BCUT2D eigenvalue weighted by atomic mass is 10.1. The van der Waals surface area contributed by atoms with E-state index in [2.05, 4.69) is 26.2 Å². The lowest BCUT2D eigenvalue weighted by Crippen LogP contribution is -2.17. The van der Waals surface area contributed by atoms with E-state index >= 15 is 0 Å². The first kappa shape index (κ1) is 15.5. The monoisotopic (exact) mass is 354 g/mol. The fourth-order valence-corrected chi connectivity index (χ4v) is 2.82. The molecule has 2 nitrogen and oxygen atoms in total. The second-order valence-electron chi connectivity index (χ2n) is 4.39. The van der Waals surface area contributed by atoms with Gasteiger partial charge in [-0.15, -0.1) is 0 Å². The number of rotatable bonds is 5. The first-order chi connectivity index (χ1) is 9.60. The number of nitrogens with one attached hydrogen (secondary N) is 1. The third kappa shape index (κ3) is 4.04. The molecule has 0 amide bonds. The van der Waals surface area contributed by atoms with Crippen LogP contribution in [0.2, 0.25) is 0 Å². The van der Waals surface area contributed by atoms with Crippen molar-refractivity contribution in [3.63, 3.8) is 0 Å². The van der Waals surface area contributed by atoms with Crippen LogP contribution < -0.4 is 5.32 Å². The van der Waals surface area contributed by atoms with Gasteiger partial charge in [0.15, 0.2) is 0 Å². The third-order valence-electron chi connectivity index (χ3n) is 2.88. The number of hydrogen-bond donors (Lipinski definition) is 1. The summed E-state index contributed by atoms with van der Waals surface area (Å²) in [5.74, 6) is -0.207. The van der Waals surface area contributed by atoms with E-state index in [-0.39, 0.29) is 11.9 Å². The maximum Gasteiger partial charge on any atom is 0.137 e. The van der Waals surface area contributed by atoms with Gasteiger partial charge in [0.05, 0.1) is 0 Å². The van der Waals surface area contributed by atoms with Crippen LogP contribution in [-0.2, 0) is 0 Å². The molecule has 0 fully saturated rings. The smallest absolute Gasteiger partial charge is 0.137 e. The summed E-state index contributed by atoms with van der Waals surface area (Å²) < 4.78 is 15.0. The van der Waals surface area contributed by atoms with E-state index in [1.807, 2.05) is 38.1 Å². The molecule has 1 N–H and O–H groups in total. The van der Waals surface area contributed by atoms with Crippen LogP contribution in [0.1, 0.15) is 25.5 Å². The van der Waals surface area contributed by atoms with Crippen molar-refractivity contribution in [1.82, 2.24) is 10.3 Å². The highest BCUT2D eigenvalue weighted by atomic mass is 79.9. The Kier molecular flexibility index (Phi) is 5.57. The molecule has 1 aromatic carbocycles. The molecule has 5 heteroatoms. The number of hydrogen-bond acceptors (Lipinski definition) is 3. The summed E-state index contributed by atoms with van der Waals surface area (Å²) in [5, 5.41) is 4.05. The largest absolute Gasteiger partial charge is 0.310 e. The Bertz CT molecular complexity index is 575. The van der Waals surface area contributed by atoms with Gasteiger partial charge in [-0.1, -0.05) is 24.8 Å². The molecule has 0 spiro atoms. The number of pyridine rings is 1. The van der Waals surface area contributed by atoms with Crippen LogP contribution >= 0.6 is 27.7 Å². The number of nitrogens with zero attached hydrogens (tertiary/aromatic N) is 1. The Balaban J connectivity index is 2.15. The quantitative estimate of drug-likeness (QED) is 0.834. The van der Waals surface area contributed by atoms with Crippen LogP contribution in [0.25, 0.3) is 0 Å². The van der Waals surface area contributed by atoms with E-state index in [1.54, 1.807) is 12.3 Å². The molecule has 1 aromatic heterocycles. The van der Waals surface area contributed by atoms with Gasteiger partial charge in [-0.2, -0.15) is 0 Å². The molecule has 0 radical (unpaired) electrons. The Morgan fingerprint density at radius 1 is 1.35 bits per heavy atom. The van der Waals surface area contributed by atoms with Crippen molar-refractivity contribution in [1.29, 1.82) is 0 Å². The Morgan fingerprint density at radius 3 is 2.75 bits per heavy atom. The standard InChI is InChI=1S/C15H16BrFN2S/c1-3-18-10(2)11-4-6-14(13(17)8-11)20-15-7-5-12(16)9-19-15/h4-10,18H,3H2,1-2H3. The molecule has 0 bridgehead atoms. The van der Waals surface area contributed by atoms with E-state index in [0.29, 0.717) is 4.90 Å². The molecule has 20 heavy (non-hydrogen) atoms. The molecule has 106 valence electrons. The maximum absolute atomic E-state index is 14.1. The normalized spacial score (nSPS) is 12.4. The Labute approximate surface area is 131 Å². The van der Waals surface area contributed by atoms with Crippen molar-refractivity contribution in [2.45, 2.75) is 29.8 Å². The number of aromatic nitrogens is 1. The SMILES string of the molecule is CCNC(C)c1ccc(Sc2ccc(Br)cn2)c(F)c1. The highest BCUT2D eigenvalue weighted by Gasteiger charge is 2.10. The first-order valence-corrected chi connectivity index (χ1v) is 8.03. The second kappa shape index (κ2) is 7.20. The van der Waals surface area contributed by atoms with E-state index in [9.17, 15) is 4.39 Å². The van der Waals surface area contributed by atoms with E-state index in [4.69, 9.17) is 0 Å².